The van der Waals surface area contributed by atoms with E-state index in [2.05, 4.69) is 10.5 Å². The Morgan fingerprint density at radius 1 is 1.54 bits per heavy atom. The molecule has 0 aliphatic carbocycles. The lowest BCUT2D eigenvalue weighted by Gasteiger charge is -2.03. The zero-order valence-corrected chi connectivity index (χ0v) is 8.90. The van der Waals surface area contributed by atoms with Gasteiger partial charge in [-0.05, 0) is 33.0 Å². The molecule has 5 heteroatoms. The van der Waals surface area contributed by atoms with Gasteiger partial charge in [-0.1, -0.05) is 0 Å². The molecule has 0 aromatic carbocycles. The second-order valence-electron chi connectivity index (χ2n) is 2.56. The second-order valence-corrected chi connectivity index (χ2v) is 2.93. The third-order valence-electron chi connectivity index (χ3n) is 1.12. The van der Waals surface area contributed by atoms with Gasteiger partial charge in [0.1, 0.15) is 5.78 Å². The standard InChI is InChI=1S/C8H14N2O2S/c1-4-12-8(13)10-9-6(2)5-7(3)11/h4-5H2,1-3H3,(H,10,13). The van der Waals surface area contributed by atoms with Crippen molar-refractivity contribution in [3.05, 3.63) is 0 Å². The van der Waals surface area contributed by atoms with Crippen molar-refractivity contribution in [3.8, 4) is 0 Å². The summed E-state index contributed by atoms with van der Waals surface area (Å²) >= 11 is 4.76. The van der Waals surface area contributed by atoms with E-state index in [0.717, 1.165) is 0 Å². The number of carbonyl (C=O) groups excluding carboxylic acids is 1. The zero-order chi connectivity index (χ0) is 10.3. The molecule has 0 saturated heterocycles. The molecule has 0 radical (unpaired) electrons. The van der Waals surface area contributed by atoms with Crippen molar-refractivity contribution < 1.29 is 9.53 Å². The average Bonchev–Trinajstić information content (AvgIpc) is 2.00. The van der Waals surface area contributed by atoms with Crippen LogP contribution in [0.4, 0.5) is 0 Å². The topological polar surface area (TPSA) is 50.7 Å². The Morgan fingerprint density at radius 3 is 2.62 bits per heavy atom. The molecule has 0 rings (SSSR count). The van der Waals surface area contributed by atoms with Crippen molar-refractivity contribution >= 4 is 28.9 Å². The minimum absolute atomic E-state index is 0.0744. The van der Waals surface area contributed by atoms with Gasteiger partial charge in [-0.15, -0.1) is 0 Å². The van der Waals surface area contributed by atoms with E-state index in [-0.39, 0.29) is 11.0 Å². The number of rotatable bonds is 4. The maximum atomic E-state index is 10.7. The number of hydrazone groups is 1. The number of nitrogens with one attached hydrogen (secondary N) is 1. The maximum absolute atomic E-state index is 10.7. The predicted octanol–water partition coefficient (Wildman–Crippen LogP) is 1.25. The van der Waals surface area contributed by atoms with Crippen molar-refractivity contribution in [2.24, 2.45) is 5.10 Å². The van der Waals surface area contributed by atoms with Crippen LogP contribution in [0.3, 0.4) is 0 Å². The monoisotopic (exact) mass is 202 g/mol. The number of Topliss-reactive ketones (excluding diaryl/α,β-unsaturated/α-hetero) is 1. The summed E-state index contributed by atoms with van der Waals surface area (Å²) in [5, 5.41) is 4.09. The fourth-order valence-electron chi connectivity index (χ4n) is 0.704. The number of hydrogen-bond acceptors (Lipinski definition) is 4. The van der Waals surface area contributed by atoms with Crippen LogP contribution >= 0.6 is 12.2 Å². The smallest absolute Gasteiger partial charge is 0.277 e. The van der Waals surface area contributed by atoms with E-state index in [9.17, 15) is 4.79 Å². The van der Waals surface area contributed by atoms with Gasteiger partial charge in [0.15, 0.2) is 0 Å². The lowest BCUT2D eigenvalue weighted by Crippen LogP contribution is -2.20. The van der Waals surface area contributed by atoms with Crippen LogP contribution in [0.15, 0.2) is 5.10 Å². The SMILES string of the molecule is CCOC(=S)NN=C(C)CC(C)=O. The third-order valence-corrected chi connectivity index (χ3v) is 1.33. The summed E-state index contributed by atoms with van der Waals surface area (Å²) in [6, 6.07) is 0. The Morgan fingerprint density at radius 2 is 2.15 bits per heavy atom. The fourth-order valence-corrected chi connectivity index (χ4v) is 0.868. The first-order valence-electron chi connectivity index (χ1n) is 4.01. The molecule has 0 heterocycles. The Hall–Kier alpha value is -0.970. The summed E-state index contributed by atoms with van der Waals surface area (Å²) in [7, 11) is 0. The first-order chi connectivity index (χ1) is 6.06. The third kappa shape index (κ3) is 7.39. The number of nitrogens with zero attached hydrogens (tertiary/aromatic N) is 1. The highest BCUT2D eigenvalue weighted by atomic mass is 32.1. The largest absolute Gasteiger partial charge is 0.470 e. The number of thiocarbonyl (C=S) groups is 1. The van der Waals surface area contributed by atoms with Crippen molar-refractivity contribution in [2.45, 2.75) is 27.2 Å². The molecule has 4 nitrogen and oxygen atoms in total. The molecule has 0 spiro atoms. The normalized spacial score (nSPS) is 10.8. The van der Waals surface area contributed by atoms with Crippen LogP contribution in [0.2, 0.25) is 0 Å². The summed E-state index contributed by atoms with van der Waals surface area (Å²) in [6.07, 6.45) is 0.335. The highest BCUT2D eigenvalue weighted by molar-refractivity contribution is 7.80. The van der Waals surface area contributed by atoms with E-state index in [4.69, 9.17) is 17.0 Å². The van der Waals surface area contributed by atoms with E-state index in [0.29, 0.717) is 18.7 Å². The van der Waals surface area contributed by atoms with Gasteiger partial charge in [0.05, 0.1) is 6.61 Å². The molecule has 0 fully saturated rings. The van der Waals surface area contributed by atoms with E-state index >= 15 is 0 Å². The summed E-state index contributed by atoms with van der Waals surface area (Å²) in [6.45, 7) is 5.61. The van der Waals surface area contributed by atoms with Crippen LogP contribution in [-0.4, -0.2) is 23.3 Å². The molecule has 0 aromatic rings. The molecule has 0 bridgehead atoms. The number of ketones is 1. The van der Waals surface area contributed by atoms with Crippen LogP contribution < -0.4 is 5.43 Å². The number of hydrogen-bond donors (Lipinski definition) is 1. The second kappa shape index (κ2) is 6.54. The Bertz CT molecular complexity index is 226. The van der Waals surface area contributed by atoms with Gasteiger partial charge >= 0.3 is 0 Å². The molecule has 0 aliphatic rings. The summed E-state index contributed by atoms with van der Waals surface area (Å²) in [5.74, 6) is 0.0744. The van der Waals surface area contributed by atoms with E-state index < -0.39 is 0 Å². The van der Waals surface area contributed by atoms with Crippen molar-refractivity contribution in [1.82, 2.24) is 5.43 Å². The van der Waals surface area contributed by atoms with E-state index in [1.165, 1.54) is 6.92 Å². The van der Waals surface area contributed by atoms with Gasteiger partial charge < -0.3 is 4.74 Å². The highest BCUT2D eigenvalue weighted by Crippen LogP contribution is 1.87. The van der Waals surface area contributed by atoms with Gasteiger partial charge in [-0.2, -0.15) is 5.10 Å². The minimum atomic E-state index is 0.0744. The lowest BCUT2D eigenvalue weighted by atomic mass is 10.2. The van der Waals surface area contributed by atoms with E-state index in [1.807, 2.05) is 6.92 Å². The van der Waals surface area contributed by atoms with Crippen molar-refractivity contribution in [1.29, 1.82) is 0 Å². The van der Waals surface area contributed by atoms with Gasteiger partial charge in [0.2, 0.25) is 0 Å². The fraction of sp³-hybridized carbons (Fsp3) is 0.625. The summed E-state index contributed by atoms with van der Waals surface area (Å²) in [4.78, 5) is 10.7. The average molecular weight is 202 g/mol. The molecule has 0 saturated carbocycles. The number of carbonyl (C=O) groups is 1. The molecule has 0 unspecified atom stereocenters. The van der Waals surface area contributed by atoms with Gasteiger partial charge in [-0.25, -0.2) is 5.43 Å². The zero-order valence-electron chi connectivity index (χ0n) is 8.09. The Balaban J connectivity index is 3.82. The first kappa shape index (κ1) is 12.0. The number of ether oxygens (including phenoxy) is 1. The van der Waals surface area contributed by atoms with Gasteiger partial charge in [0.25, 0.3) is 5.17 Å². The van der Waals surface area contributed by atoms with Crippen molar-refractivity contribution in [2.75, 3.05) is 6.61 Å². The molecule has 1 N–H and O–H groups in total. The van der Waals surface area contributed by atoms with Gasteiger partial charge in [-0.3, -0.25) is 4.79 Å². The molecule has 74 valence electrons. The van der Waals surface area contributed by atoms with Crippen LogP contribution in [-0.2, 0) is 9.53 Å². The van der Waals surface area contributed by atoms with E-state index in [1.54, 1.807) is 6.92 Å². The van der Waals surface area contributed by atoms with Crippen LogP contribution in [0.5, 0.6) is 0 Å². The highest BCUT2D eigenvalue weighted by Gasteiger charge is 1.97. The molecular formula is C8H14N2O2S. The minimum Gasteiger partial charge on any atom is -0.470 e. The quantitative estimate of drug-likeness (QED) is 0.423. The molecule has 0 aliphatic heterocycles. The van der Waals surface area contributed by atoms with Crippen LogP contribution in [0.25, 0.3) is 0 Å². The summed E-state index contributed by atoms with van der Waals surface area (Å²) < 4.78 is 4.93. The maximum Gasteiger partial charge on any atom is 0.277 e. The Labute approximate surface area is 83.3 Å². The first-order valence-corrected chi connectivity index (χ1v) is 4.42. The molecule has 0 amide bonds. The lowest BCUT2D eigenvalue weighted by molar-refractivity contribution is -0.115. The van der Waals surface area contributed by atoms with Crippen LogP contribution in [0.1, 0.15) is 27.2 Å². The van der Waals surface area contributed by atoms with Crippen molar-refractivity contribution in [3.63, 3.8) is 0 Å². The molecule has 13 heavy (non-hydrogen) atoms. The predicted molar refractivity (Wildman–Crippen MR) is 55.8 cm³/mol. The summed E-state index contributed by atoms with van der Waals surface area (Å²) in [5.41, 5.74) is 3.22. The molecule has 0 aromatic heterocycles. The van der Waals surface area contributed by atoms with Crippen LogP contribution in [0, 0.1) is 0 Å². The Kier molecular flexibility index (Phi) is 6.05. The van der Waals surface area contributed by atoms with Gasteiger partial charge in [0, 0.05) is 12.1 Å². The molecular weight excluding hydrogens is 188 g/mol. The molecule has 0 atom stereocenters.